The molecule has 0 saturated heterocycles. The van der Waals surface area contributed by atoms with Crippen LogP contribution in [0.5, 0.6) is 0 Å². The van der Waals surface area contributed by atoms with Gasteiger partial charge in [0.25, 0.3) is 0 Å². The van der Waals surface area contributed by atoms with Gasteiger partial charge in [-0.05, 0) is 31.5 Å². The molecule has 2 rings (SSSR count). The van der Waals surface area contributed by atoms with Gasteiger partial charge in [0.2, 0.25) is 11.8 Å². The SMILES string of the molecule is CC(=O)NC(CC(=O)NCC(C)(O)c1ccc(C)o1)c1ccccc1. The maximum absolute atomic E-state index is 12.3. The molecule has 3 N–H and O–H groups in total. The van der Waals surface area contributed by atoms with Crippen molar-refractivity contribution in [2.75, 3.05) is 6.54 Å². The topological polar surface area (TPSA) is 91.6 Å². The molecule has 134 valence electrons. The highest BCUT2D eigenvalue weighted by Crippen LogP contribution is 2.22. The van der Waals surface area contributed by atoms with E-state index in [-0.39, 0.29) is 24.8 Å². The smallest absolute Gasteiger partial charge is 0.222 e. The van der Waals surface area contributed by atoms with Crippen LogP contribution in [0.4, 0.5) is 0 Å². The zero-order valence-corrected chi connectivity index (χ0v) is 14.7. The summed E-state index contributed by atoms with van der Waals surface area (Å²) in [6.07, 6.45) is 0.0802. The number of nitrogens with one attached hydrogen (secondary N) is 2. The molecule has 1 heterocycles. The molecule has 1 aromatic heterocycles. The molecule has 1 aromatic carbocycles. The second kappa shape index (κ2) is 7.98. The van der Waals surface area contributed by atoms with Crippen LogP contribution in [-0.2, 0) is 15.2 Å². The summed E-state index contributed by atoms with van der Waals surface area (Å²) in [6, 6.07) is 12.3. The fourth-order valence-electron chi connectivity index (χ4n) is 2.52. The molecular weight excluding hydrogens is 320 g/mol. The van der Waals surface area contributed by atoms with Crippen molar-refractivity contribution >= 4 is 11.8 Å². The highest BCUT2D eigenvalue weighted by atomic mass is 16.4. The maximum atomic E-state index is 12.3. The lowest BCUT2D eigenvalue weighted by atomic mass is 10.0. The van der Waals surface area contributed by atoms with Crippen molar-refractivity contribution in [2.24, 2.45) is 0 Å². The first-order chi connectivity index (χ1) is 11.8. The van der Waals surface area contributed by atoms with E-state index in [4.69, 9.17) is 4.42 Å². The Labute approximate surface area is 147 Å². The van der Waals surface area contributed by atoms with E-state index < -0.39 is 11.6 Å². The van der Waals surface area contributed by atoms with Crippen LogP contribution in [0.1, 0.15) is 43.4 Å². The summed E-state index contributed by atoms with van der Waals surface area (Å²) < 4.78 is 5.43. The fourth-order valence-corrected chi connectivity index (χ4v) is 2.52. The van der Waals surface area contributed by atoms with E-state index in [9.17, 15) is 14.7 Å². The molecule has 2 atom stereocenters. The Bertz CT molecular complexity index is 722. The van der Waals surface area contributed by atoms with Crippen LogP contribution in [0.2, 0.25) is 0 Å². The number of benzene rings is 1. The predicted molar refractivity (Wildman–Crippen MR) is 93.6 cm³/mol. The van der Waals surface area contributed by atoms with Crippen LogP contribution < -0.4 is 10.6 Å². The molecule has 0 spiro atoms. The van der Waals surface area contributed by atoms with Gasteiger partial charge < -0.3 is 20.2 Å². The highest BCUT2D eigenvalue weighted by Gasteiger charge is 2.28. The van der Waals surface area contributed by atoms with E-state index in [1.807, 2.05) is 30.3 Å². The fraction of sp³-hybridized carbons (Fsp3) is 0.368. The minimum absolute atomic E-state index is 0.0143. The predicted octanol–water partition coefficient (Wildman–Crippen LogP) is 2.18. The summed E-state index contributed by atoms with van der Waals surface area (Å²) in [5, 5.41) is 15.9. The van der Waals surface area contributed by atoms with E-state index >= 15 is 0 Å². The van der Waals surface area contributed by atoms with Gasteiger partial charge in [-0.25, -0.2) is 0 Å². The third-order valence-electron chi connectivity index (χ3n) is 3.87. The monoisotopic (exact) mass is 344 g/mol. The van der Waals surface area contributed by atoms with Crippen molar-refractivity contribution in [1.29, 1.82) is 0 Å². The Kier molecular flexibility index (Phi) is 5.98. The zero-order valence-electron chi connectivity index (χ0n) is 14.7. The van der Waals surface area contributed by atoms with Crippen LogP contribution in [0, 0.1) is 6.92 Å². The molecule has 6 nitrogen and oxygen atoms in total. The largest absolute Gasteiger partial charge is 0.463 e. The van der Waals surface area contributed by atoms with Gasteiger partial charge in [-0.1, -0.05) is 30.3 Å². The molecule has 0 bridgehead atoms. The molecule has 0 radical (unpaired) electrons. The van der Waals surface area contributed by atoms with Crippen molar-refractivity contribution in [1.82, 2.24) is 10.6 Å². The number of aryl methyl sites for hydroxylation is 1. The highest BCUT2D eigenvalue weighted by molar-refractivity contribution is 5.79. The summed E-state index contributed by atoms with van der Waals surface area (Å²) in [7, 11) is 0. The molecule has 0 aliphatic rings. The molecule has 2 aromatic rings. The Morgan fingerprint density at radius 1 is 1.20 bits per heavy atom. The lowest BCUT2D eigenvalue weighted by molar-refractivity contribution is -0.123. The Morgan fingerprint density at radius 3 is 2.44 bits per heavy atom. The number of carbonyl (C=O) groups is 2. The minimum atomic E-state index is -1.31. The number of amides is 2. The molecule has 6 heteroatoms. The Morgan fingerprint density at radius 2 is 1.88 bits per heavy atom. The zero-order chi connectivity index (χ0) is 18.4. The maximum Gasteiger partial charge on any atom is 0.222 e. The first kappa shape index (κ1) is 18.7. The van der Waals surface area contributed by atoms with Gasteiger partial charge in [0, 0.05) is 6.92 Å². The molecular formula is C19H24N2O4. The lowest BCUT2D eigenvalue weighted by Crippen LogP contribution is -2.40. The standard InChI is InChI=1S/C19H24N2O4/c1-13-9-10-17(25-13)19(3,24)12-20-18(23)11-16(21-14(2)22)15-7-5-4-6-8-15/h4-10,16,24H,11-12H2,1-3H3,(H,20,23)(H,21,22). The van der Waals surface area contributed by atoms with Crippen molar-refractivity contribution in [3.63, 3.8) is 0 Å². The minimum Gasteiger partial charge on any atom is -0.463 e. The number of hydrogen-bond acceptors (Lipinski definition) is 4. The van der Waals surface area contributed by atoms with Gasteiger partial charge in [-0.3, -0.25) is 9.59 Å². The molecule has 25 heavy (non-hydrogen) atoms. The van der Waals surface area contributed by atoms with Gasteiger partial charge in [0.05, 0.1) is 19.0 Å². The van der Waals surface area contributed by atoms with Crippen molar-refractivity contribution < 1.29 is 19.1 Å². The van der Waals surface area contributed by atoms with Gasteiger partial charge in [-0.15, -0.1) is 0 Å². The van der Waals surface area contributed by atoms with Crippen LogP contribution in [-0.4, -0.2) is 23.5 Å². The van der Waals surface area contributed by atoms with E-state index in [1.54, 1.807) is 26.0 Å². The molecule has 0 saturated carbocycles. The van der Waals surface area contributed by atoms with Crippen molar-refractivity contribution in [3.05, 3.63) is 59.5 Å². The van der Waals surface area contributed by atoms with Crippen molar-refractivity contribution in [2.45, 2.75) is 38.8 Å². The van der Waals surface area contributed by atoms with E-state index in [2.05, 4.69) is 10.6 Å². The third-order valence-corrected chi connectivity index (χ3v) is 3.87. The van der Waals surface area contributed by atoms with Crippen LogP contribution in [0.15, 0.2) is 46.9 Å². The number of furan rings is 1. The summed E-state index contributed by atoms with van der Waals surface area (Å²) >= 11 is 0. The van der Waals surface area contributed by atoms with E-state index in [0.29, 0.717) is 11.5 Å². The average Bonchev–Trinajstić information content (AvgIpc) is 3.00. The second-order valence-electron chi connectivity index (χ2n) is 6.33. The first-order valence-electron chi connectivity index (χ1n) is 8.16. The lowest BCUT2D eigenvalue weighted by Gasteiger charge is -2.23. The summed E-state index contributed by atoms with van der Waals surface area (Å²) in [5.41, 5.74) is -0.457. The molecule has 0 fully saturated rings. The van der Waals surface area contributed by atoms with Crippen LogP contribution >= 0.6 is 0 Å². The molecule has 2 amide bonds. The summed E-state index contributed by atoms with van der Waals surface area (Å²) in [6.45, 7) is 4.79. The number of carbonyl (C=O) groups excluding carboxylic acids is 2. The Hall–Kier alpha value is -2.60. The van der Waals surface area contributed by atoms with Gasteiger partial charge >= 0.3 is 0 Å². The molecule has 0 aliphatic carbocycles. The number of hydrogen-bond donors (Lipinski definition) is 3. The van der Waals surface area contributed by atoms with Crippen molar-refractivity contribution in [3.8, 4) is 0 Å². The summed E-state index contributed by atoms with van der Waals surface area (Å²) in [5.74, 6) is 0.606. The average molecular weight is 344 g/mol. The normalized spacial score (nSPS) is 14.4. The summed E-state index contributed by atoms with van der Waals surface area (Å²) in [4.78, 5) is 23.7. The Balaban J connectivity index is 1.98. The van der Waals surface area contributed by atoms with E-state index in [0.717, 1.165) is 5.56 Å². The van der Waals surface area contributed by atoms with Gasteiger partial charge in [0.1, 0.15) is 17.1 Å². The van der Waals surface area contributed by atoms with Gasteiger partial charge in [-0.2, -0.15) is 0 Å². The number of rotatable bonds is 7. The van der Waals surface area contributed by atoms with Gasteiger partial charge in [0.15, 0.2) is 0 Å². The van der Waals surface area contributed by atoms with Crippen LogP contribution in [0.3, 0.4) is 0 Å². The number of aliphatic hydroxyl groups is 1. The quantitative estimate of drug-likeness (QED) is 0.718. The van der Waals surface area contributed by atoms with E-state index in [1.165, 1.54) is 6.92 Å². The molecule has 2 unspecified atom stereocenters. The first-order valence-corrected chi connectivity index (χ1v) is 8.16. The third kappa shape index (κ3) is 5.46. The second-order valence-corrected chi connectivity index (χ2v) is 6.33. The molecule has 0 aliphatic heterocycles. The van der Waals surface area contributed by atoms with Crippen LogP contribution in [0.25, 0.3) is 0 Å².